The molecule has 3 rings (SSSR count). The van der Waals surface area contributed by atoms with Crippen molar-refractivity contribution in [1.82, 2.24) is 9.78 Å². The summed E-state index contributed by atoms with van der Waals surface area (Å²) in [5, 5.41) is 4.15. The number of ether oxygens (including phenoxy) is 2. The maximum Gasteiger partial charge on any atom is 0.222 e. The molecule has 1 aromatic heterocycles. The van der Waals surface area contributed by atoms with E-state index in [1.165, 1.54) is 18.3 Å². The number of hydrogen-bond donors (Lipinski definition) is 0. The lowest BCUT2D eigenvalue weighted by molar-refractivity contribution is -0.0443. The van der Waals surface area contributed by atoms with E-state index < -0.39 is 11.6 Å². The average Bonchev–Trinajstić information content (AvgIpc) is 2.93. The molecule has 1 atom stereocenters. The molecule has 1 aromatic carbocycles. The molecular formula is C15H15F2N2O2. The van der Waals surface area contributed by atoms with Crippen molar-refractivity contribution in [2.45, 2.75) is 32.1 Å². The van der Waals surface area contributed by atoms with Crippen LogP contribution in [0.5, 0.6) is 5.88 Å². The van der Waals surface area contributed by atoms with Gasteiger partial charge in [-0.15, -0.1) is 0 Å². The first-order valence-corrected chi connectivity index (χ1v) is 6.87. The van der Waals surface area contributed by atoms with Crippen LogP contribution in [-0.2, 0) is 11.3 Å². The Morgan fingerprint density at radius 3 is 2.81 bits per heavy atom. The van der Waals surface area contributed by atoms with E-state index in [-0.39, 0.29) is 12.8 Å². The van der Waals surface area contributed by atoms with Crippen molar-refractivity contribution < 1.29 is 18.3 Å². The minimum Gasteiger partial charge on any atom is -0.472 e. The van der Waals surface area contributed by atoms with Crippen molar-refractivity contribution in [3.8, 4) is 5.88 Å². The van der Waals surface area contributed by atoms with Gasteiger partial charge in [0.05, 0.1) is 12.3 Å². The number of aromatic nitrogens is 2. The number of nitrogens with zero attached hydrogens (tertiary/aromatic N) is 2. The van der Waals surface area contributed by atoms with Gasteiger partial charge in [-0.25, -0.2) is 13.5 Å². The van der Waals surface area contributed by atoms with Gasteiger partial charge in [-0.05, 0) is 37.0 Å². The highest BCUT2D eigenvalue weighted by atomic mass is 19.1. The second kappa shape index (κ2) is 6.22. The Morgan fingerprint density at radius 2 is 2.10 bits per heavy atom. The topological polar surface area (TPSA) is 36.3 Å². The van der Waals surface area contributed by atoms with Crippen molar-refractivity contribution in [1.29, 1.82) is 0 Å². The largest absolute Gasteiger partial charge is 0.472 e. The lowest BCUT2D eigenvalue weighted by atomic mass is 10.2. The van der Waals surface area contributed by atoms with E-state index in [9.17, 15) is 8.78 Å². The molecule has 2 aromatic rings. The zero-order valence-electron chi connectivity index (χ0n) is 11.4. The monoisotopic (exact) mass is 293 g/mol. The third kappa shape index (κ3) is 3.39. The van der Waals surface area contributed by atoms with Crippen LogP contribution in [0, 0.1) is 17.7 Å². The lowest BCUT2D eigenvalue weighted by Gasteiger charge is -2.24. The Hall–Kier alpha value is -1.95. The summed E-state index contributed by atoms with van der Waals surface area (Å²) in [6, 6.07) is 6.17. The summed E-state index contributed by atoms with van der Waals surface area (Å²) in [5.41, 5.74) is 0.415. The molecule has 2 heterocycles. The molecular weight excluding hydrogens is 278 g/mol. The quantitative estimate of drug-likeness (QED) is 0.868. The van der Waals surface area contributed by atoms with Crippen LogP contribution in [0.1, 0.15) is 31.1 Å². The third-order valence-electron chi connectivity index (χ3n) is 3.30. The fourth-order valence-electron chi connectivity index (χ4n) is 2.34. The zero-order chi connectivity index (χ0) is 14.7. The first-order chi connectivity index (χ1) is 10.2. The zero-order valence-corrected chi connectivity index (χ0v) is 11.4. The van der Waals surface area contributed by atoms with Crippen LogP contribution in [0.2, 0.25) is 0 Å². The summed E-state index contributed by atoms with van der Waals surface area (Å²) in [6.07, 6.45) is 4.31. The minimum absolute atomic E-state index is 0.0452. The molecule has 6 heteroatoms. The van der Waals surface area contributed by atoms with Crippen LogP contribution in [0.15, 0.2) is 24.4 Å². The second-order valence-electron chi connectivity index (χ2n) is 4.93. The summed E-state index contributed by atoms with van der Waals surface area (Å²) in [7, 11) is 0. The van der Waals surface area contributed by atoms with Crippen LogP contribution >= 0.6 is 0 Å². The van der Waals surface area contributed by atoms with Crippen molar-refractivity contribution in [2.24, 2.45) is 0 Å². The standard InChI is InChI=1S/C15H15F2N2O2/c16-12-7-11(8-13(17)9-12)10-21-15-4-5-18-19(15)14-3-1-2-6-20-14/h5,7-9,14H,1-3,6,10H2. The normalized spacial score (nSPS) is 18.7. The van der Waals surface area contributed by atoms with Gasteiger partial charge in [-0.3, -0.25) is 0 Å². The van der Waals surface area contributed by atoms with Gasteiger partial charge in [0.25, 0.3) is 0 Å². The Kier molecular flexibility index (Phi) is 4.15. The Balaban J connectivity index is 1.69. The van der Waals surface area contributed by atoms with Gasteiger partial charge in [0, 0.05) is 12.7 Å². The molecule has 0 spiro atoms. The first-order valence-electron chi connectivity index (χ1n) is 6.87. The van der Waals surface area contributed by atoms with E-state index in [0.717, 1.165) is 25.3 Å². The third-order valence-corrected chi connectivity index (χ3v) is 3.30. The Labute approximate surface area is 121 Å². The molecule has 1 aliphatic rings. The van der Waals surface area contributed by atoms with Crippen LogP contribution in [0.3, 0.4) is 0 Å². The highest BCUT2D eigenvalue weighted by Crippen LogP contribution is 2.26. The van der Waals surface area contributed by atoms with Crippen LogP contribution in [0.25, 0.3) is 0 Å². The van der Waals surface area contributed by atoms with Crippen molar-refractivity contribution in [3.63, 3.8) is 0 Å². The van der Waals surface area contributed by atoms with E-state index in [0.29, 0.717) is 18.1 Å². The summed E-state index contributed by atoms with van der Waals surface area (Å²) in [4.78, 5) is 0. The SMILES string of the molecule is Fc1cc(F)cc(COc2[c]cnn2C2CCCCO2)c1. The van der Waals surface area contributed by atoms with Gasteiger partial charge in [0.15, 0.2) is 6.23 Å². The van der Waals surface area contributed by atoms with E-state index in [1.54, 1.807) is 4.68 Å². The molecule has 1 unspecified atom stereocenters. The van der Waals surface area contributed by atoms with Gasteiger partial charge >= 0.3 is 0 Å². The maximum atomic E-state index is 13.1. The molecule has 0 saturated carbocycles. The number of halogens is 2. The Bertz CT molecular complexity index is 589. The predicted molar refractivity (Wildman–Crippen MR) is 70.6 cm³/mol. The molecule has 4 nitrogen and oxygen atoms in total. The van der Waals surface area contributed by atoms with Crippen LogP contribution < -0.4 is 4.74 Å². The van der Waals surface area contributed by atoms with Gasteiger partial charge < -0.3 is 9.47 Å². The number of benzene rings is 1. The van der Waals surface area contributed by atoms with Gasteiger partial charge in [0.2, 0.25) is 5.88 Å². The highest BCUT2D eigenvalue weighted by Gasteiger charge is 2.19. The molecule has 1 radical (unpaired) electrons. The van der Waals surface area contributed by atoms with E-state index >= 15 is 0 Å². The minimum atomic E-state index is -0.623. The van der Waals surface area contributed by atoms with E-state index in [1.807, 2.05) is 0 Å². The average molecular weight is 293 g/mol. The van der Waals surface area contributed by atoms with E-state index in [2.05, 4.69) is 11.2 Å². The summed E-state index contributed by atoms with van der Waals surface area (Å²) < 4.78 is 39.1. The van der Waals surface area contributed by atoms with Crippen molar-refractivity contribution in [3.05, 3.63) is 47.7 Å². The summed E-state index contributed by atoms with van der Waals surface area (Å²) in [6.45, 7) is 0.739. The van der Waals surface area contributed by atoms with Gasteiger partial charge in [0.1, 0.15) is 18.2 Å². The first kappa shape index (κ1) is 14.0. The molecule has 1 saturated heterocycles. The van der Waals surface area contributed by atoms with Gasteiger partial charge in [-0.2, -0.15) is 5.10 Å². The molecule has 0 bridgehead atoms. The van der Waals surface area contributed by atoms with Crippen LogP contribution in [0.4, 0.5) is 8.78 Å². The molecule has 0 aliphatic carbocycles. The fourth-order valence-corrected chi connectivity index (χ4v) is 2.34. The molecule has 1 fully saturated rings. The van der Waals surface area contributed by atoms with Crippen LogP contribution in [-0.4, -0.2) is 16.4 Å². The number of rotatable bonds is 4. The van der Waals surface area contributed by atoms with E-state index in [4.69, 9.17) is 9.47 Å². The molecule has 21 heavy (non-hydrogen) atoms. The molecule has 1 aliphatic heterocycles. The van der Waals surface area contributed by atoms with Crippen molar-refractivity contribution in [2.75, 3.05) is 6.61 Å². The molecule has 111 valence electrons. The smallest absolute Gasteiger partial charge is 0.222 e. The Morgan fingerprint density at radius 1 is 1.29 bits per heavy atom. The molecule has 0 N–H and O–H groups in total. The van der Waals surface area contributed by atoms with Gasteiger partial charge in [-0.1, -0.05) is 0 Å². The number of hydrogen-bond acceptors (Lipinski definition) is 3. The second-order valence-corrected chi connectivity index (χ2v) is 4.93. The van der Waals surface area contributed by atoms with Crippen molar-refractivity contribution >= 4 is 0 Å². The predicted octanol–water partition coefficient (Wildman–Crippen LogP) is 3.24. The summed E-state index contributed by atoms with van der Waals surface area (Å²) in [5.74, 6) is -0.838. The lowest BCUT2D eigenvalue weighted by Crippen LogP contribution is -2.20. The molecule has 0 amide bonds. The summed E-state index contributed by atoms with van der Waals surface area (Å²) >= 11 is 0. The highest BCUT2D eigenvalue weighted by molar-refractivity contribution is 5.18. The maximum absolute atomic E-state index is 13.1. The fraction of sp³-hybridized carbons (Fsp3) is 0.400.